The number of nitrogens with one attached hydrogen (secondary N) is 3. The van der Waals surface area contributed by atoms with Gasteiger partial charge in [0.1, 0.15) is 0 Å². The van der Waals surface area contributed by atoms with Crippen LogP contribution >= 0.6 is 12.4 Å². The van der Waals surface area contributed by atoms with E-state index in [4.69, 9.17) is 0 Å². The van der Waals surface area contributed by atoms with Crippen molar-refractivity contribution in [3.8, 4) is 0 Å². The summed E-state index contributed by atoms with van der Waals surface area (Å²) in [4.78, 5) is 20.3. The molecule has 1 fully saturated rings. The number of aryl methyl sites for hydroxylation is 3. The molecule has 208 valence electrons. The zero-order valence-electron chi connectivity index (χ0n) is 22.8. The molecule has 1 amide bonds. The number of rotatable bonds is 16. The lowest BCUT2D eigenvalue weighted by molar-refractivity contribution is 0.0952. The third kappa shape index (κ3) is 9.78. The number of H-pyrrole nitrogens is 1. The molecule has 3 aromatic rings. The minimum atomic E-state index is -0.0425. The fourth-order valence-electron chi connectivity index (χ4n) is 4.97. The second kappa shape index (κ2) is 16.2. The predicted molar refractivity (Wildman–Crippen MR) is 155 cm³/mol. The van der Waals surface area contributed by atoms with E-state index in [9.17, 15) is 4.79 Å². The standard InChI is InChI=1S/C29H43N7O.ClH/c1-2-3-5-10-23-15-17-24(18-16-23)28(37)30-19-20-36-22-27(34-35-36)14-7-4-6-13-26-21-31-29(33-26)32-25-11-8-9-12-25;/h15-18,21-22,25H,2-14,19-20H2,1H3,(H,30,37)(H2,31,32,33);1H. The number of carbonyl (C=O) groups excluding carboxylic acids is 1. The summed E-state index contributed by atoms with van der Waals surface area (Å²) in [6, 6.07) is 8.55. The average molecular weight is 542 g/mol. The van der Waals surface area contributed by atoms with Crippen molar-refractivity contribution in [1.29, 1.82) is 0 Å². The van der Waals surface area contributed by atoms with Crippen LogP contribution in [-0.4, -0.2) is 43.5 Å². The molecule has 1 aliphatic carbocycles. The Bertz CT molecular complexity index is 1070. The highest BCUT2D eigenvalue weighted by atomic mass is 35.5. The van der Waals surface area contributed by atoms with Gasteiger partial charge in [0.25, 0.3) is 5.91 Å². The fourth-order valence-corrected chi connectivity index (χ4v) is 4.97. The van der Waals surface area contributed by atoms with Crippen LogP contribution in [0.4, 0.5) is 5.95 Å². The first kappa shape index (κ1) is 29.7. The molecule has 2 aromatic heterocycles. The van der Waals surface area contributed by atoms with Gasteiger partial charge < -0.3 is 15.6 Å². The second-order valence-corrected chi connectivity index (χ2v) is 10.3. The van der Waals surface area contributed by atoms with Crippen LogP contribution in [0, 0.1) is 0 Å². The first-order valence-electron chi connectivity index (χ1n) is 14.3. The van der Waals surface area contributed by atoms with E-state index in [-0.39, 0.29) is 18.3 Å². The lowest BCUT2D eigenvalue weighted by Crippen LogP contribution is -2.27. The number of halogens is 1. The van der Waals surface area contributed by atoms with E-state index in [1.54, 1.807) is 0 Å². The highest BCUT2D eigenvalue weighted by molar-refractivity contribution is 5.94. The molecule has 1 aromatic carbocycles. The van der Waals surface area contributed by atoms with Crippen molar-refractivity contribution in [1.82, 2.24) is 30.3 Å². The number of nitrogens with zero attached hydrogens (tertiary/aromatic N) is 4. The van der Waals surface area contributed by atoms with Crippen LogP contribution in [0.2, 0.25) is 0 Å². The highest BCUT2D eigenvalue weighted by Crippen LogP contribution is 2.21. The topological polar surface area (TPSA) is 101 Å². The number of amides is 1. The number of unbranched alkanes of at least 4 members (excludes halogenated alkanes) is 4. The lowest BCUT2D eigenvalue weighted by atomic mass is 10.1. The second-order valence-electron chi connectivity index (χ2n) is 10.3. The zero-order valence-corrected chi connectivity index (χ0v) is 23.6. The van der Waals surface area contributed by atoms with Gasteiger partial charge in [0.2, 0.25) is 5.95 Å². The molecular formula is C29H44ClN7O. The quantitative estimate of drug-likeness (QED) is 0.196. The van der Waals surface area contributed by atoms with Crippen molar-refractivity contribution in [3.05, 3.63) is 59.2 Å². The third-order valence-electron chi connectivity index (χ3n) is 7.20. The van der Waals surface area contributed by atoms with Crippen molar-refractivity contribution >= 4 is 24.3 Å². The zero-order chi connectivity index (χ0) is 25.7. The summed E-state index contributed by atoms with van der Waals surface area (Å²) in [6.07, 6.45) is 19.2. The van der Waals surface area contributed by atoms with Gasteiger partial charge in [-0.1, -0.05) is 56.4 Å². The Morgan fingerprint density at radius 3 is 2.58 bits per heavy atom. The average Bonchev–Trinajstić information content (AvgIpc) is 3.68. The largest absolute Gasteiger partial charge is 0.353 e. The summed E-state index contributed by atoms with van der Waals surface area (Å²) in [5.74, 6) is 0.879. The third-order valence-corrected chi connectivity index (χ3v) is 7.20. The summed E-state index contributed by atoms with van der Waals surface area (Å²) in [5, 5.41) is 15.0. The molecule has 0 aliphatic heterocycles. The smallest absolute Gasteiger partial charge is 0.251 e. The predicted octanol–water partition coefficient (Wildman–Crippen LogP) is 5.90. The Hall–Kier alpha value is -2.87. The van der Waals surface area contributed by atoms with Crippen LogP contribution < -0.4 is 10.6 Å². The molecule has 0 unspecified atom stereocenters. The highest BCUT2D eigenvalue weighted by Gasteiger charge is 2.15. The summed E-state index contributed by atoms with van der Waals surface area (Å²) < 4.78 is 1.82. The van der Waals surface area contributed by atoms with Crippen molar-refractivity contribution in [3.63, 3.8) is 0 Å². The number of anilines is 1. The summed E-state index contributed by atoms with van der Waals surface area (Å²) >= 11 is 0. The van der Waals surface area contributed by atoms with Crippen molar-refractivity contribution < 1.29 is 4.79 Å². The van der Waals surface area contributed by atoms with Gasteiger partial charge in [0.15, 0.2) is 0 Å². The van der Waals surface area contributed by atoms with Crippen LogP contribution in [0.15, 0.2) is 36.7 Å². The van der Waals surface area contributed by atoms with Gasteiger partial charge in [-0.15, -0.1) is 17.5 Å². The number of aromatic nitrogens is 5. The maximum Gasteiger partial charge on any atom is 0.251 e. The Balaban J connectivity index is 0.00000400. The van der Waals surface area contributed by atoms with Crippen LogP contribution in [0.1, 0.15) is 98.4 Å². The Morgan fingerprint density at radius 2 is 1.79 bits per heavy atom. The molecular weight excluding hydrogens is 498 g/mol. The van der Waals surface area contributed by atoms with Gasteiger partial charge in [-0.25, -0.2) is 4.98 Å². The van der Waals surface area contributed by atoms with E-state index in [1.165, 1.54) is 56.2 Å². The number of aromatic amines is 1. The molecule has 3 N–H and O–H groups in total. The van der Waals surface area contributed by atoms with Gasteiger partial charge in [0.05, 0.1) is 18.4 Å². The number of benzene rings is 1. The van der Waals surface area contributed by atoms with Gasteiger partial charge in [-0.05, 0) is 69.1 Å². The summed E-state index contributed by atoms with van der Waals surface area (Å²) in [7, 11) is 0. The minimum absolute atomic E-state index is 0. The minimum Gasteiger partial charge on any atom is -0.353 e. The van der Waals surface area contributed by atoms with Gasteiger partial charge in [-0.3, -0.25) is 9.48 Å². The lowest BCUT2D eigenvalue weighted by Gasteiger charge is -2.09. The van der Waals surface area contributed by atoms with E-state index in [1.807, 2.05) is 29.2 Å². The van der Waals surface area contributed by atoms with E-state index < -0.39 is 0 Å². The molecule has 1 aliphatic rings. The van der Waals surface area contributed by atoms with Crippen LogP contribution in [0.25, 0.3) is 0 Å². The monoisotopic (exact) mass is 541 g/mol. The van der Waals surface area contributed by atoms with Crippen LogP contribution in [-0.2, 0) is 25.8 Å². The normalized spacial score (nSPS) is 13.4. The van der Waals surface area contributed by atoms with Crippen molar-refractivity contribution in [2.24, 2.45) is 0 Å². The molecule has 8 nitrogen and oxygen atoms in total. The molecule has 1 saturated carbocycles. The van der Waals surface area contributed by atoms with Gasteiger partial charge in [0, 0.05) is 30.0 Å². The summed E-state index contributed by atoms with van der Waals surface area (Å²) in [5.41, 5.74) is 4.21. The Labute approximate surface area is 233 Å². The van der Waals surface area contributed by atoms with Crippen molar-refractivity contribution in [2.45, 2.75) is 103 Å². The van der Waals surface area contributed by atoms with E-state index in [0.29, 0.717) is 24.7 Å². The van der Waals surface area contributed by atoms with Crippen LogP contribution in [0.3, 0.4) is 0 Å². The molecule has 9 heteroatoms. The molecule has 0 radical (unpaired) electrons. The molecule has 2 heterocycles. The van der Waals surface area contributed by atoms with Gasteiger partial charge >= 0.3 is 0 Å². The number of imidazole rings is 1. The number of carbonyl (C=O) groups is 1. The molecule has 0 atom stereocenters. The number of hydrogen-bond donors (Lipinski definition) is 3. The Morgan fingerprint density at radius 1 is 1.03 bits per heavy atom. The molecule has 38 heavy (non-hydrogen) atoms. The van der Waals surface area contributed by atoms with E-state index in [0.717, 1.165) is 50.2 Å². The SMILES string of the molecule is CCCCCc1ccc(C(=O)NCCn2cc(CCCCCc3cnc(NC4CCCC4)[nH]3)nn2)cc1.Cl. The van der Waals surface area contributed by atoms with Gasteiger partial charge in [-0.2, -0.15) is 0 Å². The number of hydrogen-bond acceptors (Lipinski definition) is 5. The summed E-state index contributed by atoms with van der Waals surface area (Å²) in [6.45, 7) is 3.36. The molecule has 4 rings (SSSR count). The molecule has 0 saturated heterocycles. The fraction of sp³-hybridized carbons (Fsp3) is 0.586. The van der Waals surface area contributed by atoms with E-state index in [2.05, 4.69) is 50.0 Å². The maximum atomic E-state index is 12.4. The molecule has 0 bridgehead atoms. The van der Waals surface area contributed by atoms with Crippen molar-refractivity contribution in [2.75, 3.05) is 11.9 Å². The van der Waals surface area contributed by atoms with E-state index >= 15 is 0 Å². The maximum absolute atomic E-state index is 12.4. The first-order chi connectivity index (χ1) is 18.2. The molecule has 0 spiro atoms. The first-order valence-corrected chi connectivity index (χ1v) is 14.3. The van der Waals surface area contributed by atoms with Crippen LogP contribution in [0.5, 0.6) is 0 Å². The Kier molecular flexibility index (Phi) is 12.6.